The lowest BCUT2D eigenvalue weighted by atomic mass is 10.1. The fourth-order valence-corrected chi connectivity index (χ4v) is 2.57. The highest BCUT2D eigenvalue weighted by Crippen LogP contribution is 2.30. The fourth-order valence-electron chi connectivity index (χ4n) is 2.57. The number of hydrogen-bond acceptors (Lipinski definition) is 8. The molecule has 1 aromatic rings. The molecule has 0 spiro atoms. The predicted molar refractivity (Wildman–Crippen MR) is 98.2 cm³/mol. The van der Waals surface area contributed by atoms with Crippen LogP contribution in [-0.4, -0.2) is 61.8 Å². The minimum atomic E-state index is -1.26. The number of nitrogens with zero attached hydrogens (tertiary/aromatic N) is 2. The lowest BCUT2D eigenvalue weighted by Crippen LogP contribution is -2.44. The first-order valence-electron chi connectivity index (χ1n) is 8.74. The van der Waals surface area contributed by atoms with Crippen molar-refractivity contribution in [3.8, 4) is 0 Å². The summed E-state index contributed by atoms with van der Waals surface area (Å²) in [7, 11) is 0. The highest BCUT2D eigenvalue weighted by molar-refractivity contribution is 5.98. The van der Waals surface area contributed by atoms with Gasteiger partial charge in [-0.15, -0.1) is 0 Å². The van der Waals surface area contributed by atoms with E-state index in [1.807, 2.05) is 5.32 Å². The number of urea groups is 1. The molecule has 1 fully saturated rings. The summed E-state index contributed by atoms with van der Waals surface area (Å²) in [6.45, 7) is 5.22. The van der Waals surface area contributed by atoms with Crippen LogP contribution in [0.4, 0.5) is 16.2 Å². The molecule has 0 saturated carbocycles. The molecule has 0 radical (unpaired) electrons. The number of imide groups is 1. The van der Waals surface area contributed by atoms with Gasteiger partial charge in [-0.1, -0.05) is 0 Å². The second-order valence-electron chi connectivity index (χ2n) is 5.96. The summed E-state index contributed by atoms with van der Waals surface area (Å²) in [5, 5.41) is 15.8. The van der Waals surface area contributed by atoms with Crippen LogP contribution in [0.15, 0.2) is 18.2 Å². The number of morpholine rings is 1. The minimum absolute atomic E-state index is 0.0682. The van der Waals surface area contributed by atoms with Gasteiger partial charge in [-0.25, -0.2) is 9.59 Å². The van der Waals surface area contributed by atoms with Crippen molar-refractivity contribution in [2.24, 2.45) is 0 Å². The van der Waals surface area contributed by atoms with E-state index in [1.165, 1.54) is 19.1 Å². The maximum absolute atomic E-state index is 12.3. The van der Waals surface area contributed by atoms with E-state index in [1.54, 1.807) is 11.8 Å². The molecule has 0 aromatic heterocycles. The number of rotatable bonds is 6. The monoisotopic (exact) mass is 394 g/mol. The van der Waals surface area contributed by atoms with Gasteiger partial charge < -0.3 is 19.7 Å². The summed E-state index contributed by atoms with van der Waals surface area (Å²) in [6, 6.07) is 3.27. The van der Waals surface area contributed by atoms with Crippen LogP contribution in [0, 0.1) is 10.1 Å². The van der Waals surface area contributed by atoms with Gasteiger partial charge in [0.25, 0.3) is 11.6 Å². The van der Waals surface area contributed by atoms with Gasteiger partial charge in [0.2, 0.25) is 0 Å². The number of nitro benzene ring substituents is 1. The van der Waals surface area contributed by atoms with Crippen LogP contribution < -0.4 is 15.5 Å². The van der Waals surface area contributed by atoms with Crippen molar-refractivity contribution in [2.45, 2.75) is 20.0 Å². The number of hydrogen-bond donors (Lipinski definition) is 2. The molecule has 1 atom stereocenters. The Kier molecular flexibility index (Phi) is 7.27. The molecule has 1 unspecified atom stereocenters. The zero-order valence-electron chi connectivity index (χ0n) is 15.6. The van der Waals surface area contributed by atoms with E-state index in [-0.39, 0.29) is 11.3 Å². The van der Waals surface area contributed by atoms with Crippen LogP contribution in [0.1, 0.15) is 24.2 Å². The first kappa shape index (κ1) is 21.1. The van der Waals surface area contributed by atoms with Crippen molar-refractivity contribution in [1.29, 1.82) is 0 Å². The molecule has 1 aromatic carbocycles. The molecular weight excluding hydrogens is 372 g/mol. The van der Waals surface area contributed by atoms with Crippen LogP contribution in [-0.2, 0) is 14.3 Å². The van der Waals surface area contributed by atoms with E-state index >= 15 is 0 Å². The Morgan fingerprint density at radius 1 is 1.32 bits per heavy atom. The third-order valence-electron chi connectivity index (χ3n) is 3.99. The molecule has 152 valence electrons. The molecule has 1 heterocycles. The number of benzene rings is 1. The molecule has 2 N–H and O–H groups in total. The largest absolute Gasteiger partial charge is 0.449 e. The van der Waals surface area contributed by atoms with Gasteiger partial charge >= 0.3 is 12.0 Å². The average Bonchev–Trinajstić information content (AvgIpc) is 2.68. The molecule has 0 bridgehead atoms. The summed E-state index contributed by atoms with van der Waals surface area (Å²) < 4.78 is 10.3. The molecule has 0 aliphatic carbocycles. The summed E-state index contributed by atoms with van der Waals surface area (Å²) in [4.78, 5) is 48.1. The number of anilines is 1. The lowest BCUT2D eigenvalue weighted by Gasteiger charge is -2.28. The molecule has 3 amide bonds. The summed E-state index contributed by atoms with van der Waals surface area (Å²) >= 11 is 0. The summed E-state index contributed by atoms with van der Waals surface area (Å²) in [5.74, 6) is -1.71. The first-order valence-corrected chi connectivity index (χ1v) is 8.74. The van der Waals surface area contributed by atoms with Gasteiger partial charge in [0.15, 0.2) is 6.10 Å². The van der Waals surface area contributed by atoms with Gasteiger partial charge in [0, 0.05) is 25.7 Å². The Balaban J connectivity index is 2.10. The predicted octanol–water partition coefficient (Wildman–Crippen LogP) is 0.822. The Bertz CT molecular complexity index is 762. The second-order valence-corrected chi connectivity index (χ2v) is 5.96. The number of esters is 1. The van der Waals surface area contributed by atoms with Gasteiger partial charge in [-0.2, -0.15) is 0 Å². The number of carbonyl (C=O) groups excluding carboxylic acids is 3. The minimum Gasteiger partial charge on any atom is -0.449 e. The van der Waals surface area contributed by atoms with Gasteiger partial charge in [-0.3, -0.25) is 20.2 Å². The number of ether oxygens (including phenoxy) is 2. The first-order chi connectivity index (χ1) is 13.3. The lowest BCUT2D eigenvalue weighted by molar-refractivity contribution is -0.384. The number of nitrogens with one attached hydrogen (secondary N) is 2. The van der Waals surface area contributed by atoms with Gasteiger partial charge in [0.05, 0.1) is 23.7 Å². The zero-order valence-corrected chi connectivity index (χ0v) is 15.6. The molecule has 28 heavy (non-hydrogen) atoms. The van der Waals surface area contributed by atoms with E-state index in [9.17, 15) is 24.5 Å². The van der Waals surface area contributed by atoms with Crippen molar-refractivity contribution in [3.05, 3.63) is 33.9 Å². The third kappa shape index (κ3) is 5.39. The molecular formula is C17H22N4O7. The SMILES string of the molecule is CCNC(=O)NC(=O)C(C)OC(=O)c1ccc(N2CCOCC2)c([N+](=O)[O-])c1. The van der Waals surface area contributed by atoms with E-state index in [0.29, 0.717) is 38.5 Å². The second kappa shape index (κ2) is 9.65. The smallest absolute Gasteiger partial charge is 0.339 e. The number of amides is 3. The topological polar surface area (TPSA) is 140 Å². The van der Waals surface area contributed by atoms with Crippen LogP contribution in [0.5, 0.6) is 0 Å². The Hall–Kier alpha value is -3.21. The molecule has 1 aliphatic heterocycles. The standard InChI is InChI=1S/C17H22N4O7/c1-3-18-17(24)19-15(22)11(2)28-16(23)12-4-5-13(14(10-12)21(25)26)20-6-8-27-9-7-20/h4-5,10-11H,3,6-9H2,1-2H3,(H2,18,19,22,24). The van der Waals surface area contributed by atoms with Crippen molar-refractivity contribution in [2.75, 3.05) is 37.7 Å². The zero-order chi connectivity index (χ0) is 20.7. The van der Waals surface area contributed by atoms with Gasteiger partial charge in [0.1, 0.15) is 5.69 Å². The van der Waals surface area contributed by atoms with Crippen LogP contribution in [0.25, 0.3) is 0 Å². The van der Waals surface area contributed by atoms with Crippen LogP contribution >= 0.6 is 0 Å². The van der Waals surface area contributed by atoms with Crippen molar-refractivity contribution in [1.82, 2.24) is 10.6 Å². The normalized spacial score (nSPS) is 14.7. The quantitative estimate of drug-likeness (QED) is 0.411. The maximum atomic E-state index is 12.3. The van der Waals surface area contributed by atoms with Crippen LogP contribution in [0.3, 0.4) is 0 Å². The molecule has 11 nitrogen and oxygen atoms in total. The van der Waals surface area contributed by atoms with Crippen molar-refractivity contribution < 1.29 is 28.8 Å². The maximum Gasteiger partial charge on any atom is 0.339 e. The van der Waals surface area contributed by atoms with Gasteiger partial charge in [-0.05, 0) is 26.0 Å². The van der Waals surface area contributed by atoms with Crippen molar-refractivity contribution >= 4 is 29.3 Å². The number of carbonyl (C=O) groups is 3. The van der Waals surface area contributed by atoms with E-state index < -0.39 is 28.9 Å². The number of nitro groups is 1. The van der Waals surface area contributed by atoms with E-state index in [0.717, 1.165) is 6.07 Å². The summed E-state index contributed by atoms with van der Waals surface area (Å²) in [5.41, 5.74) is 0.0732. The Morgan fingerprint density at radius 2 is 2.00 bits per heavy atom. The molecule has 1 aliphatic rings. The molecule has 11 heteroatoms. The van der Waals surface area contributed by atoms with E-state index in [2.05, 4.69) is 5.32 Å². The average molecular weight is 394 g/mol. The molecule has 2 rings (SSSR count). The third-order valence-corrected chi connectivity index (χ3v) is 3.99. The highest BCUT2D eigenvalue weighted by atomic mass is 16.6. The Morgan fingerprint density at radius 3 is 2.61 bits per heavy atom. The van der Waals surface area contributed by atoms with E-state index in [4.69, 9.17) is 9.47 Å². The Labute approximate surface area is 161 Å². The summed E-state index contributed by atoms with van der Waals surface area (Å²) in [6.07, 6.45) is -1.26. The van der Waals surface area contributed by atoms with Crippen LogP contribution in [0.2, 0.25) is 0 Å². The molecule has 1 saturated heterocycles. The highest BCUT2D eigenvalue weighted by Gasteiger charge is 2.26. The van der Waals surface area contributed by atoms with Crippen molar-refractivity contribution in [3.63, 3.8) is 0 Å². The fraction of sp³-hybridized carbons (Fsp3) is 0.471.